The highest BCUT2D eigenvalue weighted by atomic mass is 16.1. The van der Waals surface area contributed by atoms with E-state index in [4.69, 9.17) is 0 Å². The Hall–Kier alpha value is -1.11. The van der Waals surface area contributed by atoms with E-state index < -0.39 is 0 Å². The Balaban J connectivity index is 3.37. The molecule has 0 spiro atoms. The molecule has 0 aromatic heterocycles. The van der Waals surface area contributed by atoms with Crippen LogP contribution in [0.15, 0.2) is 35.1 Å². The molecule has 0 bridgehead atoms. The fourth-order valence-corrected chi connectivity index (χ4v) is 0.678. The van der Waals surface area contributed by atoms with Gasteiger partial charge < -0.3 is 0 Å². The van der Waals surface area contributed by atoms with Crippen LogP contribution in [0.25, 0.3) is 0 Å². The van der Waals surface area contributed by atoms with Gasteiger partial charge >= 0.3 is 0 Å². The molecule has 1 heteroatoms. The lowest BCUT2D eigenvalue weighted by Gasteiger charge is -1.74. The van der Waals surface area contributed by atoms with Crippen molar-refractivity contribution >= 4 is 0 Å². The van der Waals surface area contributed by atoms with Gasteiger partial charge in [-0.15, -0.1) is 0 Å². The molecule has 9 heavy (non-hydrogen) atoms. The van der Waals surface area contributed by atoms with Crippen LogP contribution < -0.4 is 5.43 Å². The van der Waals surface area contributed by atoms with Gasteiger partial charge in [0.2, 0.25) is 0 Å². The van der Waals surface area contributed by atoms with Crippen molar-refractivity contribution in [1.82, 2.24) is 0 Å². The first-order valence-corrected chi connectivity index (χ1v) is 2.86. The molecule has 0 unspecified atom stereocenters. The van der Waals surface area contributed by atoms with E-state index in [0.29, 0.717) is 0 Å². The number of aryl methyl sites for hydroxylation is 1. The summed E-state index contributed by atoms with van der Waals surface area (Å²) in [5.41, 5.74) is 1.07. The molecule has 1 nitrogen and oxygen atoms in total. The summed E-state index contributed by atoms with van der Waals surface area (Å²) in [6.07, 6.45) is 0. The summed E-state index contributed by atoms with van der Waals surface area (Å²) < 4.78 is 0. The Kier molecular flexibility index (Phi) is 1.63. The largest absolute Gasteiger partial charge is 0.290 e. The fraction of sp³-hybridized carbons (Fsp3) is 0.125. The number of hydrogen-bond acceptors (Lipinski definition) is 1. The van der Waals surface area contributed by atoms with Gasteiger partial charge in [-0.05, 0) is 24.6 Å². The number of hydrogen-bond donors (Lipinski definition) is 0. The minimum atomic E-state index is 0.0671. The van der Waals surface area contributed by atoms with Crippen LogP contribution in [0.1, 0.15) is 5.56 Å². The summed E-state index contributed by atoms with van der Waals surface area (Å²) in [5.74, 6) is 0. The van der Waals surface area contributed by atoms with Crippen LogP contribution in [0.2, 0.25) is 0 Å². The molecular weight excluding hydrogens is 112 g/mol. The lowest BCUT2D eigenvalue weighted by Crippen LogP contribution is -1.89. The average Bonchev–Trinajstić information content (AvgIpc) is 1.93. The minimum Gasteiger partial charge on any atom is -0.290 e. The number of rotatable bonds is 0. The highest BCUT2D eigenvalue weighted by Crippen LogP contribution is 1.86. The molecule has 0 fully saturated rings. The van der Waals surface area contributed by atoms with Crippen molar-refractivity contribution in [2.24, 2.45) is 0 Å². The normalized spacial score (nSPS) is 9.00. The molecule has 0 aliphatic heterocycles. The average molecular weight is 120 g/mol. The smallest absolute Gasteiger partial charge is 0.178 e. The predicted molar refractivity (Wildman–Crippen MR) is 37.4 cm³/mol. The van der Waals surface area contributed by atoms with E-state index in [1.165, 1.54) is 0 Å². The van der Waals surface area contributed by atoms with E-state index in [0.717, 1.165) is 5.56 Å². The van der Waals surface area contributed by atoms with E-state index in [-0.39, 0.29) is 5.43 Å². The quantitative estimate of drug-likeness (QED) is 0.505. The highest BCUT2D eigenvalue weighted by Gasteiger charge is 1.78. The molecule has 0 aliphatic carbocycles. The highest BCUT2D eigenvalue weighted by molar-refractivity contribution is 5.11. The zero-order valence-electron chi connectivity index (χ0n) is 5.29. The van der Waals surface area contributed by atoms with E-state index in [9.17, 15) is 4.79 Å². The third-order valence-electron chi connectivity index (χ3n) is 1.10. The first-order chi connectivity index (χ1) is 4.29. The van der Waals surface area contributed by atoms with E-state index in [2.05, 4.69) is 0 Å². The van der Waals surface area contributed by atoms with Gasteiger partial charge in [0.25, 0.3) is 0 Å². The molecule has 0 N–H and O–H groups in total. The zero-order chi connectivity index (χ0) is 6.69. The molecule has 0 radical (unpaired) electrons. The Bertz CT molecular complexity index is 252. The molecule has 0 amide bonds. The molecule has 0 atom stereocenters. The molecule has 1 aromatic carbocycles. The Labute approximate surface area is 54.0 Å². The third kappa shape index (κ3) is 1.68. The van der Waals surface area contributed by atoms with Gasteiger partial charge in [0.1, 0.15) is 0 Å². The molecule has 0 aliphatic rings. The van der Waals surface area contributed by atoms with E-state index in [1.54, 1.807) is 18.2 Å². The SMILES string of the molecule is Cc1ccccc(=O)c1. The van der Waals surface area contributed by atoms with Crippen LogP contribution in [0.5, 0.6) is 0 Å². The molecule has 1 aromatic rings. The topological polar surface area (TPSA) is 17.1 Å². The van der Waals surface area contributed by atoms with Gasteiger partial charge in [-0.1, -0.05) is 18.2 Å². The van der Waals surface area contributed by atoms with Crippen molar-refractivity contribution in [1.29, 1.82) is 0 Å². The van der Waals surface area contributed by atoms with Gasteiger partial charge in [0, 0.05) is 0 Å². The zero-order valence-corrected chi connectivity index (χ0v) is 5.29. The lowest BCUT2D eigenvalue weighted by molar-refractivity contribution is 1.49. The minimum absolute atomic E-state index is 0.0671. The summed E-state index contributed by atoms with van der Waals surface area (Å²) in [5, 5.41) is 0. The predicted octanol–water partition coefficient (Wildman–Crippen LogP) is 1.36. The van der Waals surface area contributed by atoms with Gasteiger partial charge in [-0.25, -0.2) is 0 Å². The molecule has 0 saturated heterocycles. The molecule has 0 heterocycles. The second kappa shape index (κ2) is 2.44. The van der Waals surface area contributed by atoms with Crippen molar-refractivity contribution in [3.8, 4) is 0 Å². The first kappa shape index (κ1) is 6.02. The maximum absolute atomic E-state index is 10.7. The van der Waals surface area contributed by atoms with Crippen molar-refractivity contribution in [2.45, 2.75) is 6.92 Å². The van der Waals surface area contributed by atoms with Crippen LogP contribution in [0, 0.1) is 6.92 Å². The third-order valence-corrected chi connectivity index (χ3v) is 1.10. The lowest BCUT2D eigenvalue weighted by atomic mass is 10.3. The van der Waals surface area contributed by atoms with Crippen LogP contribution in [-0.2, 0) is 0 Å². The summed E-state index contributed by atoms with van der Waals surface area (Å²) in [6.45, 7) is 1.90. The second-order valence-corrected chi connectivity index (χ2v) is 2.01. The Morgan fingerprint density at radius 3 is 2.67 bits per heavy atom. The molecular formula is C8H8O. The molecule has 0 saturated carbocycles. The van der Waals surface area contributed by atoms with Gasteiger partial charge in [0.05, 0.1) is 0 Å². The van der Waals surface area contributed by atoms with Crippen LogP contribution in [0.4, 0.5) is 0 Å². The van der Waals surface area contributed by atoms with Crippen LogP contribution in [-0.4, -0.2) is 0 Å². The summed E-state index contributed by atoms with van der Waals surface area (Å²) in [4.78, 5) is 10.7. The maximum Gasteiger partial charge on any atom is 0.178 e. The summed E-state index contributed by atoms with van der Waals surface area (Å²) in [7, 11) is 0. The fourth-order valence-electron chi connectivity index (χ4n) is 0.678. The van der Waals surface area contributed by atoms with Crippen LogP contribution in [0.3, 0.4) is 0 Å². The van der Waals surface area contributed by atoms with E-state index in [1.807, 2.05) is 19.1 Å². The Morgan fingerprint density at radius 2 is 1.89 bits per heavy atom. The molecule has 1 rings (SSSR count). The van der Waals surface area contributed by atoms with Gasteiger partial charge in [0.15, 0.2) is 5.43 Å². The summed E-state index contributed by atoms with van der Waals surface area (Å²) >= 11 is 0. The standard InChI is InChI=1S/C8H8O/c1-7-4-2-3-5-8(9)6-7/h2-6H,1H3. The molecule has 46 valence electrons. The van der Waals surface area contributed by atoms with E-state index >= 15 is 0 Å². The monoisotopic (exact) mass is 120 g/mol. The first-order valence-electron chi connectivity index (χ1n) is 2.86. The Morgan fingerprint density at radius 1 is 1.22 bits per heavy atom. The summed E-state index contributed by atoms with van der Waals surface area (Å²) in [6, 6.07) is 8.67. The van der Waals surface area contributed by atoms with Gasteiger partial charge in [-0.2, -0.15) is 0 Å². The second-order valence-electron chi connectivity index (χ2n) is 2.01. The van der Waals surface area contributed by atoms with Crippen molar-refractivity contribution in [3.63, 3.8) is 0 Å². The van der Waals surface area contributed by atoms with Crippen molar-refractivity contribution in [3.05, 3.63) is 46.1 Å². The van der Waals surface area contributed by atoms with Gasteiger partial charge in [-0.3, -0.25) is 4.79 Å². The van der Waals surface area contributed by atoms with Crippen molar-refractivity contribution < 1.29 is 0 Å². The van der Waals surface area contributed by atoms with Crippen molar-refractivity contribution in [2.75, 3.05) is 0 Å². The van der Waals surface area contributed by atoms with Crippen LogP contribution >= 0.6 is 0 Å². The maximum atomic E-state index is 10.7.